The Balaban J connectivity index is 2.34. The van der Waals surface area contributed by atoms with Crippen LogP contribution in [0.4, 0.5) is 0 Å². The minimum atomic E-state index is -0.0647. The Morgan fingerprint density at radius 1 is 1.90 bits per heavy atom. The maximum absolute atomic E-state index is 5.65. The Labute approximate surface area is 67.8 Å². The van der Waals surface area contributed by atoms with Gasteiger partial charge in [-0.3, -0.25) is 0 Å². The largest absolute Gasteiger partial charge is 0.364 e. The summed E-state index contributed by atoms with van der Waals surface area (Å²) in [6.45, 7) is 2.84. The molecule has 1 unspecified atom stereocenters. The zero-order chi connectivity index (χ0) is 7.19. The molecular weight excluding hydrogens is 170 g/mol. The van der Waals surface area contributed by atoms with Crippen molar-refractivity contribution in [2.24, 2.45) is 0 Å². The number of aromatic nitrogens is 1. The van der Waals surface area contributed by atoms with Crippen LogP contribution in [0.1, 0.15) is 11.8 Å². The van der Waals surface area contributed by atoms with Crippen molar-refractivity contribution in [2.75, 3.05) is 6.61 Å². The van der Waals surface area contributed by atoms with E-state index >= 15 is 0 Å². The van der Waals surface area contributed by atoms with Crippen LogP contribution >= 0.6 is 22.9 Å². The quantitative estimate of drug-likeness (QED) is 0.611. The Hall–Kier alpha value is -0.120. The molecule has 2 nitrogen and oxygen atoms in total. The molecule has 0 radical (unpaired) electrons. The highest BCUT2D eigenvalue weighted by Gasteiger charge is 2.42. The van der Waals surface area contributed by atoms with Gasteiger partial charge in [0.2, 0.25) is 0 Å². The number of halogens is 1. The average Bonchev–Trinajstić information content (AvgIpc) is 2.45. The second-order valence-corrected chi connectivity index (χ2v) is 4.11. The predicted octanol–water partition coefficient (Wildman–Crippen LogP) is 2.04. The lowest BCUT2D eigenvalue weighted by Crippen LogP contribution is -1.97. The van der Waals surface area contributed by atoms with Gasteiger partial charge in [-0.15, -0.1) is 11.3 Å². The zero-order valence-corrected chi connectivity index (χ0v) is 7.00. The van der Waals surface area contributed by atoms with Gasteiger partial charge < -0.3 is 4.74 Å². The SMILES string of the molecule is CC1(c2cnc(Cl)s2)CO1. The van der Waals surface area contributed by atoms with Crippen molar-refractivity contribution in [3.63, 3.8) is 0 Å². The molecule has 1 aliphatic rings. The molecule has 54 valence electrons. The third-order valence-electron chi connectivity index (χ3n) is 1.58. The summed E-state index contributed by atoms with van der Waals surface area (Å²) in [4.78, 5) is 5.05. The summed E-state index contributed by atoms with van der Waals surface area (Å²) in [5.41, 5.74) is -0.0647. The van der Waals surface area contributed by atoms with E-state index in [1.165, 1.54) is 11.3 Å². The van der Waals surface area contributed by atoms with Crippen molar-refractivity contribution < 1.29 is 4.74 Å². The third kappa shape index (κ3) is 0.944. The van der Waals surface area contributed by atoms with Gasteiger partial charge in [0.05, 0.1) is 11.5 Å². The summed E-state index contributed by atoms with van der Waals surface area (Å²) < 4.78 is 5.80. The highest BCUT2D eigenvalue weighted by atomic mass is 35.5. The van der Waals surface area contributed by atoms with E-state index in [4.69, 9.17) is 16.3 Å². The van der Waals surface area contributed by atoms with Crippen LogP contribution in [-0.2, 0) is 10.3 Å². The third-order valence-corrected chi connectivity index (χ3v) is 2.94. The van der Waals surface area contributed by atoms with E-state index in [0.29, 0.717) is 4.47 Å². The molecule has 2 rings (SSSR count). The van der Waals surface area contributed by atoms with Crippen molar-refractivity contribution in [2.45, 2.75) is 12.5 Å². The van der Waals surface area contributed by atoms with Gasteiger partial charge in [-0.1, -0.05) is 11.6 Å². The highest BCUT2D eigenvalue weighted by Crippen LogP contribution is 2.41. The molecule has 1 atom stereocenters. The van der Waals surface area contributed by atoms with Crippen molar-refractivity contribution in [3.05, 3.63) is 15.5 Å². The van der Waals surface area contributed by atoms with E-state index in [1.54, 1.807) is 6.20 Å². The van der Waals surface area contributed by atoms with Crippen molar-refractivity contribution in [1.82, 2.24) is 4.98 Å². The molecule has 0 amide bonds. The van der Waals surface area contributed by atoms with E-state index in [2.05, 4.69) is 4.98 Å². The highest BCUT2D eigenvalue weighted by molar-refractivity contribution is 7.15. The van der Waals surface area contributed by atoms with Crippen LogP contribution in [0.5, 0.6) is 0 Å². The molecule has 1 fully saturated rings. The molecule has 0 bridgehead atoms. The summed E-state index contributed by atoms with van der Waals surface area (Å²) in [5.74, 6) is 0. The summed E-state index contributed by atoms with van der Waals surface area (Å²) in [6, 6.07) is 0. The molecule has 1 aromatic heterocycles. The van der Waals surface area contributed by atoms with Crippen LogP contribution < -0.4 is 0 Å². The minimum Gasteiger partial charge on any atom is -0.364 e. The molecule has 1 aromatic rings. The number of nitrogens with zero attached hydrogens (tertiary/aromatic N) is 1. The maximum Gasteiger partial charge on any atom is 0.183 e. The molecule has 0 N–H and O–H groups in total. The molecule has 1 saturated heterocycles. The minimum absolute atomic E-state index is 0.0647. The first-order valence-corrected chi connectivity index (χ1v) is 4.16. The topological polar surface area (TPSA) is 25.4 Å². The molecule has 2 heterocycles. The molecular formula is C6H6ClNOS. The van der Waals surface area contributed by atoms with Gasteiger partial charge in [0, 0.05) is 6.20 Å². The second kappa shape index (κ2) is 1.94. The predicted molar refractivity (Wildman–Crippen MR) is 40.4 cm³/mol. The number of hydrogen-bond donors (Lipinski definition) is 0. The van der Waals surface area contributed by atoms with E-state index in [-0.39, 0.29) is 5.60 Å². The normalized spacial score (nSPS) is 30.6. The molecule has 0 saturated carbocycles. The first kappa shape index (κ1) is 6.58. The number of thiazole rings is 1. The van der Waals surface area contributed by atoms with E-state index in [1.807, 2.05) is 6.92 Å². The lowest BCUT2D eigenvalue weighted by Gasteiger charge is -1.95. The van der Waals surface area contributed by atoms with E-state index < -0.39 is 0 Å². The zero-order valence-electron chi connectivity index (χ0n) is 5.43. The molecule has 0 spiro atoms. The van der Waals surface area contributed by atoms with Gasteiger partial charge in [-0.2, -0.15) is 0 Å². The molecule has 10 heavy (non-hydrogen) atoms. The number of rotatable bonds is 1. The first-order valence-electron chi connectivity index (χ1n) is 2.96. The fraction of sp³-hybridized carbons (Fsp3) is 0.500. The van der Waals surface area contributed by atoms with Crippen molar-refractivity contribution in [3.8, 4) is 0 Å². The fourth-order valence-corrected chi connectivity index (χ4v) is 1.77. The van der Waals surface area contributed by atoms with Crippen molar-refractivity contribution >= 4 is 22.9 Å². The van der Waals surface area contributed by atoms with Gasteiger partial charge in [0.25, 0.3) is 0 Å². The van der Waals surface area contributed by atoms with Crippen LogP contribution in [0.25, 0.3) is 0 Å². The standard InChI is InChI=1S/C6H6ClNOS/c1-6(3-9-6)4-2-8-5(7)10-4/h2H,3H2,1H3. The molecule has 1 aliphatic heterocycles. The molecule has 4 heteroatoms. The Morgan fingerprint density at radius 3 is 3.00 bits per heavy atom. The van der Waals surface area contributed by atoms with Crippen molar-refractivity contribution in [1.29, 1.82) is 0 Å². The number of ether oxygens (including phenoxy) is 1. The smallest absolute Gasteiger partial charge is 0.183 e. The van der Waals surface area contributed by atoms with Gasteiger partial charge in [0.1, 0.15) is 5.60 Å². The number of epoxide rings is 1. The molecule has 0 aliphatic carbocycles. The van der Waals surface area contributed by atoms with Crippen LogP contribution in [0.3, 0.4) is 0 Å². The van der Waals surface area contributed by atoms with Crippen LogP contribution in [0.2, 0.25) is 4.47 Å². The Bertz CT molecular complexity index is 256. The van der Waals surface area contributed by atoms with Crippen LogP contribution in [-0.4, -0.2) is 11.6 Å². The fourth-order valence-electron chi connectivity index (χ4n) is 0.748. The van der Waals surface area contributed by atoms with Gasteiger partial charge in [0.15, 0.2) is 4.47 Å². The van der Waals surface area contributed by atoms with Gasteiger partial charge in [-0.05, 0) is 6.92 Å². The average molecular weight is 176 g/mol. The van der Waals surface area contributed by atoms with Crippen LogP contribution in [0, 0.1) is 0 Å². The number of hydrogen-bond acceptors (Lipinski definition) is 3. The van der Waals surface area contributed by atoms with Crippen LogP contribution in [0.15, 0.2) is 6.20 Å². The molecule has 0 aromatic carbocycles. The first-order chi connectivity index (χ1) is 4.71. The maximum atomic E-state index is 5.65. The lowest BCUT2D eigenvalue weighted by atomic mass is 10.2. The van der Waals surface area contributed by atoms with Gasteiger partial charge in [-0.25, -0.2) is 4.98 Å². The second-order valence-electron chi connectivity index (χ2n) is 2.50. The Morgan fingerprint density at radius 2 is 2.60 bits per heavy atom. The summed E-state index contributed by atoms with van der Waals surface area (Å²) >= 11 is 7.13. The van der Waals surface area contributed by atoms with Gasteiger partial charge >= 0.3 is 0 Å². The van der Waals surface area contributed by atoms with E-state index in [0.717, 1.165) is 11.5 Å². The summed E-state index contributed by atoms with van der Waals surface area (Å²) in [5, 5.41) is 0. The monoisotopic (exact) mass is 175 g/mol. The van der Waals surface area contributed by atoms with E-state index in [9.17, 15) is 0 Å². The Kier molecular flexibility index (Phi) is 1.27. The summed E-state index contributed by atoms with van der Waals surface area (Å²) in [6.07, 6.45) is 1.78. The lowest BCUT2D eigenvalue weighted by molar-refractivity contribution is 0.333. The summed E-state index contributed by atoms with van der Waals surface area (Å²) in [7, 11) is 0.